The van der Waals surface area contributed by atoms with E-state index >= 15 is 0 Å². The SMILES string of the molecule is CC(C)(O)c1nn([C@H]2CC[C@H](SS)CC2)cc1NC(=O)c1coc(-c2ccnc(NCC3CC3)c2)n1. The molecule has 3 aromatic rings. The molecular formula is C25H32N6O3S2. The molecule has 11 heteroatoms. The summed E-state index contributed by atoms with van der Waals surface area (Å²) >= 11 is 4.35. The van der Waals surface area contributed by atoms with Crippen molar-refractivity contribution in [3.63, 3.8) is 0 Å². The number of carbonyl (C=O) groups is 1. The first-order valence-corrected chi connectivity index (χ1v) is 14.3. The second-order valence-corrected chi connectivity index (χ2v) is 11.7. The molecule has 0 unspecified atom stereocenters. The summed E-state index contributed by atoms with van der Waals surface area (Å²) in [5, 5.41) is 22.2. The highest BCUT2D eigenvalue weighted by atomic mass is 33.1. The maximum atomic E-state index is 13.1. The van der Waals surface area contributed by atoms with E-state index in [2.05, 4.69) is 37.4 Å². The lowest BCUT2D eigenvalue weighted by atomic mass is 9.95. The van der Waals surface area contributed by atoms with Crippen LogP contribution < -0.4 is 10.6 Å². The van der Waals surface area contributed by atoms with Crippen LogP contribution in [0.2, 0.25) is 0 Å². The molecule has 0 bridgehead atoms. The number of aromatic nitrogens is 4. The molecule has 2 aliphatic rings. The molecule has 2 fully saturated rings. The van der Waals surface area contributed by atoms with Crippen LogP contribution in [0.1, 0.15) is 74.6 Å². The van der Waals surface area contributed by atoms with Crippen molar-refractivity contribution in [1.29, 1.82) is 0 Å². The highest BCUT2D eigenvalue weighted by molar-refractivity contribution is 8.68. The van der Waals surface area contributed by atoms with E-state index in [1.807, 2.05) is 16.9 Å². The number of rotatable bonds is 9. The Bertz CT molecular complexity index is 1210. The zero-order valence-corrected chi connectivity index (χ0v) is 22.2. The van der Waals surface area contributed by atoms with Crippen molar-refractivity contribution in [2.75, 3.05) is 17.2 Å². The maximum Gasteiger partial charge on any atom is 0.277 e. The number of carbonyl (C=O) groups excluding carboxylic acids is 1. The number of anilines is 2. The Labute approximate surface area is 219 Å². The minimum atomic E-state index is -1.22. The summed E-state index contributed by atoms with van der Waals surface area (Å²) in [6.45, 7) is 4.23. The van der Waals surface area contributed by atoms with Gasteiger partial charge < -0.3 is 20.2 Å². The molecule has 9 nitrogen and oxygen atoms in total. The van der Waals surface area contributed by atoms with Crippen molar-refractivity contribution in [3.8, 4) is 11.5 Å². The van der Waals surface area contributed by atoms with E-state index in [4.69, 9.17) is 4.42 Å². The number of hydrogen-bond donors (Lipinski definition) is 4. The summed E-state index contributed by atoms with van der Waals surface area (Å²) in [6.07, 6.45) is 11.5. The van der Waals surface area contributed by atoms with E-state index in [0.29, 0.717) is 22.5 Å². The zero-order valence-electron chi connectivity index (χ0n) is 20.5. The maximum absolute atomic E-state index is 13.1. The first-order chi connectivity index (χ1) is 17.3. The molecule has 3 N–H and O–H groups in total. The van der Waals surface area contributed by atoms with Crippen molar-refractivity contribution < 1.29 is 14.3 Å². The Morgan fingerprint density at radius 2 is 2.06 bits per heavy atom. The van der Waals surface area contributed by atoms with Crippen molar-refractivity contribution in [3.05, 3.63) is 42.2 Å². The van der Waals surface area contributed by atoms with Crippen LogP contribution in [-0.4, -0.2) is 42.6 Å². The quantitative estimate of drug-likeness (QED) is 0.218. The largest absolute Gasteiger partial charge is 0.444 e. The first kappa shape index (κ1) is 25.2. The Hall–Kier alpha value is -2.50. The lowest BCUT2D eigenvalue weighted by Crippen LogP contribution is -2.22. The zero-order chi connectivity index (χ0) is 25.3. The van der Waals surface area contributed by atoms with Crippen LogP contribution in [0.4, 0.5) is 11.5 Å². The van der Waals surface area contributed by atoms with Crippen molar-refractivity contribution in [2.45, 2.75) is 69.3 Å². The number of nitrogens with zero attached hydrogens (tertiary/aromatic N) is 4. The fraction of sp³-hybridized carbons (Fsp3) is 0.520. The van der Waals surface area contributed by atoms with Gasteiger partial charge in [-0.15, -0.1) is 11.7 Å². The Morgan fingerprint density at radius 3 is 2.75 bits per heavy atom. The van der Waals surface area contributed by atoms with Gasteiger partial charge in [0.2, 0.25) is 5.89 Å². The molecule has 0 aliphatic heterocycles. The van der Waals surface area contributed by atoms with E-state index in [0.717, 1.165) is 49.5 Å². The second-order valence-electron chi connectivity index (χ2n) is 10.2. The molecule has 5 rings (SSSR count). The number of thiol groups is 1. The smallest absolute Gasteiger partial charge is 0.277 e. The van der Waals surface area contributed by atoms with Gasteiger partial charge in [0.05, 0.1) is 11.7 Å². The van der Waals surface area contributed by atoms with Crippen LogP contribution in [-0.2, 0) is 5.60 Å². The average Bonchev–Trinajstić information content (AvgIpc) is 3.38. The van der Waals surface area contributed by atoms with Gasteiger partial charge in [-0.1, -0.05) is 10.8 Å². The number of aliphatic hydroxyl groups is 1. The molecule has 2 aliphatic carbocycles. The summed E-state index contributed by atoms with van der Waals surface area (Å²) in [6, 6.07) is 3.89. The number of amides is 1. The van der Waals surface area contributed by atoms with Crippen LogP contribution in [0.5, 0.6) is 0 Å². The van der Waals surface area contributed by atoms with Crippen molar-refractivity contribution in [2.24, 2.45) is 5.92 Å². The fourth-order valence-electron chi connectivity index (χ4n) is 4.47. The van der Waals surface area contributed by atoms with E-state index in [1.165, 1.54) is 19.1 Å². The predicted molar refractivity (Wildman–Crippen MR) is 144 cm³/mol. The Morgan fingerprint density at radius 1 is 1.28 bits per heavy atom. The summed E-state index contributed by atoms with van der Waals surface area (Å²) < 4.78 is 7.49. The van der Waals surface area contributed by atoms with E-state index < -0.39 is 11.5 Å². The topological polar surface area (TPSA) is 118 Å². The predicted octanol–water partition coefficient (Wildman–Crippen LogP) is 5.30. The van der Waals surface area contributed by atoms with E-state index in [-0.39, 0.29) is 11.7 Å². The van der Waals surface area contributed by atoms with Crippen LogP contribution in [0.3, 0.4) is 0 Å². The third kappa shape index (κ3) is 5.90. The lowest BCUT2D eigenvalue weighted by Gasteiger charge is -2.27. The first-order valence-electron chi connectivity index (χ1n) is 12.4. The number of pyridine rings is 1. The van der Waals surface area contributed by atoms with E-state index in [9.17, 15) is 9.90 Å². The fourth-order valence-corrected chi connectivity index (χ4v) is 5.58. The highest BCUT2D eigenvalue weighted by Crippen LogP contribution is 2.37. The molecule has 1 amide bonds. The summed E-state index contributed by atoms with van der Waals surface area (Å²) in [7, 11) is 1.61. The van der Waals surface area contributed by atoms with Crippen molar-refractivity contribution >= 4 is 39.9 Å². The molecule has 2 saturated carbocycles. The van der Waals surface area contributed by atoms with Gasteiger partial charge in [0.1, 0.15) is 23.4 Å². The molecule has 0 radical (unpaired) electrons. The summed E-state index contributed by atoms with van der Waals surface area (Å²) in [5.41, 5.74) is 0.559. The molecule has 192 valence electrons. The molecule has 0 aromatic carbocycles. The molecule has 0 saturated heterocycles. The van der Waals surface area contributed by atoms with Crippen LogP contribution in [0, 0.1) is 5.92 Å². The van der Waals surface area contributed by atoms with Gasteiger partial charge in [-0.2, -0.15) is 5.10 Å². The molecule has 36 heavy (non-hydrogen) atoms. The number of oxazole rings is 1. The average molecular weight is 529 g/mol. The lowest BCUT2D eigenvalue weighted by molar-refractivity contribution is 0.0732. The van der Waals surface area contributed by atoms with Gasteiger partial charge in [-0.3, -0.25) is 9.48 Å². The second kappa shape index (κ2) is 10.5. The third-order valence-corrected chi connectivity index (χ3v) is 8.40. The summed E-state index contributed by atoms with van der Waals surface area (Å²) in [4.78, 5) is 21.8. The molecular weight excluding hydrogens is 496 g/mol. The van der Waals surface area contributed by atoms with Crippen LogP contribution in [0.25, 0.3) is 11.5 Å². The van der Waals surface area contributed by atoms with Crippen molar-refractivity contribution in [1.82, 2.24) is 19.7 Å². The van der Waals surface area contributed by atoms with Gasteiger partial charge in [0.15, 0.2) is 5.69 Å². The molecule has 3 aromatic heterocycles. The summed E-state index contributed by atoms with van der Waals surface area (Å²) in [5.74, 6) is 1.40. The monoisotopic (exact) mass is 528 g/mol. The van der Waals surface area contributed by atoms with Gasteiger partial charge in [0, 0.05) is 29.8 Å². The number of hydrogen-bond acceptors (Lipinski definition) is 9. The molecule has 0 atom stereocenters. The highest BCUT2D eigenvalue weighted by Gasteiger charge is 2.30. The minimum absolute atomic E-state index is 0.148. The van der Waals surface area contributed by atoms with Crippen LogP contribution in [0.15, 0.2) is 35.2 Å². The standard InChI is InChI=1S/C25H32N6O3S2/c1-25(2,33)22-19(13-31(30-22)17-5-7-18(36-35)8-6-17)28-23(32)20-14-34-24(29-20)16-9-10-26-21(11-16)27-12-15-3-4-15/h9-11,13-15,17-18,33,35H,3-8,12H2,1-2H3,(H,26,27)(H,28,32)/t17-,18-. The van der Waals surface area contributed by atoms with Gasteiger partial charge in [-0.25, -0.2) is 9.97 Å². The molecule has 0 spiro atoms. The van der Waals surface area contributed by atoms with E-state index in [1.54, 1.807) is 36.9 Å². The van der Waals surface area contributed by atoms with Gasteiger partial charge in [-0.05, 0) is 70.4 Å². The molecule has 3 heterocycles. The minimum Gasteiger partial charge on any atom is -0.444 e. The Kier molecular flexibility index (Phi) is 7.32. The van der Waals surface area contributed by atoms with Gasteiger partial charge >= 0.3 is 0 Å². The number of nitrogens with one attached hydrogen (secondary N) is 2. The third-order valence-electron chi connectivity index (χ3n) is 6.74. The van der Waals surface area contributed by atoms with Gasteiger partial charge in [0.25, 0.3) is 5.91 Å². The Balaban J connectivity index is 1.30. The normalized spacial score (nSPS) is 20.3. The van der Waals surface area contributed by atoms with Crippen LogP contribution >= 0.6 is 22.5 Å².